The van der Waals surface area contributed by atoms with E-state index < -0.39 is 26.6 Å². The molecule has 0 bridgehead atoms. The molecular weight excluding hydrogens is 324 g/mol. The van der Waals surface area contributed by atoms with Crippen LogP contribution in [-0.2, 0) is 10.0 Å². The number of nitrogens with zero attached hydrogens (tertiary/aromatic N) is 3. The Bertz CT molecular complexity index is 611. The molecule has 0 spiro atoms. The van der Waals surface area contributed by atoms with Gasteiger partial charge in [-0.25, -0.2) is 21.5 Å². The van der Waals surface area contributed by atoms with Crippen molar-refractivity contribution in [3.8, 4) is 0 Å². The van der Waals surface area contributed by atoms with Crippen LogP contribution in [0.3, 0.4) is 0 Å². The molecule has 0 N–H and O–H groups in total. The van der Waals surface area contributed by atoms with Gasteiger partial charge < -0.3 is 9.80 Å². The van der Waals surface area contributed by atoms with Crippen LogP contribution in [0, 0.1) is 11.6 Å². The minimum absolute atomic E-state index is 0.225. The van der Waals surface area contributed by atoms with Crippen LogP contribution in [0.4, 0.5) is 8.78 Å². The molecule has 1 heterocycles. The van der Waals surface area contributed by atoms with Gasteiger partial charge in [-0.2, -0.15) is 0 Å². The van der Waals surface area contributed by atoms with E-state index in [4.69, 9.17) is 0 Å². The molecule has 2 rings (SSSR count). The van der Waals surface area contributed by atoms with E-state index >= 15 is 0 Å². The lowest BCUT2D eigenvalue weighted by Crippen LogP contribution is -2.45. The molecule has 0 atom stereocenters. The van der Waals surface area contributed by atoms with Gasteiger partial charge in [0, 0.05) is 39.8 Å². The van der Waals surface area contributed by atoms with E-state index in [1.165, 1.54) is 7.05 Å². The van der Waals surface area contributed by atoms with Gasteiger partial charge in [0.15, 0.2) is 4.90 Å². The van der Waals surface area contributed by atoms with Crippen LogP contribution in [0.25, 0.3) is 0 Å². The molecule has 0 unspecified atom stereocenters. The number of sulfonamides is 1. The van der Waals surface area contributed by atoms with Crippen molar-refractivity contribution in [3.05, 3.63) is 29.8 Å². The fourth-order valence-corrected chi connectivity index (χ4v) is 3.90. The number of hydrogen-bond donors (Lipinski definition) is 0. The number of likely N-dealkylation sites (N-methyl/N-ethyl adjacent to an activating group) is 1. The van der Waals surface area contributed by atoms with Crippen molar-refractivity contribution in [1.82, 2.24) is 14.1 Å². The summed E-state index contributed by atoms with van der Waals surface area (Å²) < 4.78 is 53.1. The van der Waals surface area contributed by atoms with Crippen LogP contribution in [0.2, 0.25) is 0 Å². The quantitative estimate of drug-likeness (QED) is 0.776. The first kappa shape index (κ1) is 18.3. The Morgan fingerprint density at radius 2 is 1.70 bits per heavy atom. The summed E-state index contributed by atoms with van der Waals surface area (Å²) in [4.78, 5) is 3.64. The van der Waals surface area contributed by atoms with Crippen LogP contribution >= 0.6 is 0 Å². The third kappa shape index (κ3) is 4.47. The molecule has 0 saturated carbocycles. The molecule has 5 nitrogen and oxygen atoms in total. The zero-order valence-corrected chi connectivity index (χ0v) is 14.3. The van der Waals surface area contributed by atoms with Gasteiger partial charge in [0.25, 0.3) is 0 Å². The monoisotopic (exact) mass is 347 g/mol. The Hall–Kier alpha value is -1.09. The molecule has 1 aliphatic rings. The van der Waals surface area contributed by atoms with Gasteiger partial charge >= 0.3 is 0 Å². The molecule has 1 fully saturated rings. The van der Waals surface area contributed by atoms with Crippen molar-refractivity contribution in [2.45, 2.75) is 11.3 Å². The van der Waals surface area contributed by atoms with Gasteiger partial charge in [0.05, 0.1) is 0 Å². The first-order valence-corrected chi connectivity index (χ1v) is 9.07. The topological polar surface area (TPSA) is 43.9 Å². The van der Waals surface area contributed by atoms with Gasteiger partial charge in [-0.3, -0.25) is 0 Å². The van der Waals surface area contributed by atoms with Gasteiger partial charge in [0.1, 0.15) is 11.6 Å². The molecule has 23 heavy (non-hydrogen) atoms. The molecule has 130 valence electrons. The molecule has 0 amide bonds. The highest BCUT2D eigenvalue weighted by atomic mass is 32.2. The first-order valence-electron chi connectivity index (χ1n) is 7.63. The van der Waals surface area contributed by atoms with Crippen molar-refractivity contribution in [1.29, 1.82) is 0 Å². The molecule has 8 heteroatoms. The average molecular weight is 347 g/mol. The lowest BCUT2D eigenvalue weighted by Gasteiger charge is -2.32. The van der Waals surface area contributed by atoms with Crippen molar-refractivity contribution in [2.24, 2.45) is 0 Å². The number of benzene rings is 1. The van der Waals surface area contributed by atoms with Gasteiger partial charge in [-0.1, -0.05) is 6.07 Å². The number of hydrogen-bond acceptors (Lipinski definition) is 4. The molecule has 0 radical (unpaired) electrons. The van der Waals surface area contributed by atoms with E-state index in [1.54, 1.807) is 0 Å². The summed E-state index contributed by atoms with van der Waals surface area (Å²) in [6, 6.07) is 3.05. The number of halogens is 2. The molecule has 0 aromatic heterocycles. The summed E-state index contributed by atoms with van der Waals surface area (Å²) in [5, 5.41) is 0. The highest BCUT2D eigenvalue weighted by Gasteiger charge is 2.28. The normalized spacial score (nSPS) is 17.8. The molecular formula is C15H23F2N3O2S. The standard InChI is InChI=1S/C15H23F2N3O2S/c1-18-9-11-20(12-10-18)8-4-7-19(2)23(21,22)15-13(16)5-3-6-14(15)17/h3,5-6H,4,7-12H2,1-2H3. The molecule has 0 aliphatic carbocycles. The second-order valence-electron chi connectivity index (χ2n) is 5.88. The van der Waals surface area contributed by atoms with Gasteiger partial charge in [-0.05, 0) is 32.1 Å². The first-order chi connectivity index (χ1) is 10.8. The van der Waals surface area contributed by atoms with E-state index in [0.717, 1.165) is 55.2 Å². The van der Waals surface area contributed by atoms with E-state index in [9.17, 15) is 17.2 Å². The Kier molecular flexibility index (Phi) is 6.07. The highest BCUT2D eigenvalue weighted by Crippen LogP contribution is 2.21. The van der Waals surface area contributed by atoms with Gasteiger partial charge in [-0.15, -0.1) is 0 Å². The van der Waals surface area contributed by atoms with E-state index in [1.807, 2.05) is 0 Å². The molecule has 1 saturated heterocycles. The van der Waals surface area contributed by atoms with Crippen LogP contribution in [0.5, 0.6) is 0 Å². The zero-order valence-electron chi connectivity index (χ0n) is 13.5. The largest absolute Gasteiger partial charge is 0.304 e. The second-order valence-corrected chi connectivity index (χ2v) is 7.86. The predicted molar refractivity (Wildman–Crippen MR) is 84.7 cm³/mol. The molecule has 1 aromatic carbocycles. The van der Waals surface area contributed by atoms with Crippen LogP contribution < -0.4 is 0 Å². The number of piperazine rings is 1. The van der Waals surface area contributed by atoms with Crippen molar-refractivity contribution < 1.29 is 17.2 Å². The van der Waals surface area contributed by atoms with Crippen LogP contribution in [0.15, 0.2) is 23.1 Å². The Balaban J connectivity index is 1.93. The van der Waals surface area contributed by atoms with Crippen molar-refractivity contribution in [2.75, 3.05) is 53.4 Å². The summed E-state index contributed by atoms with van der Waals surface area (Å²) in [5.41, 5.74) is 0. The summed E-state index contributed by atoms with van der Waals surface area (Å²) in [6.45, 7) is 4.89. The third-order valence-electron chi connectivity index (χ3n) is 4.13. The Labute approximate surface area is 136 Å². The molecule has 1 aromatic rings. The third-order valence-corrected chi connectivity index (χ3v) is 6.04. The minimum atomic E-state index is -4.16. The summed E-state index contributed by atoms with van der Waals surface area (Å²) in [5.74, 6) is -2.12. The molecule has 1 aliphatic heterocycles. The maximum atomic E-state index is 13.7. The Morgan fingerprint density at radius 1 is 1.13 bits per heavy atom. The second kappa shape index (κ2) is 7.65. The van der Waals surface area contributed by atoms with E-state index in [-0.39, 0.29) is 6.54 Å². The summed E-state index contributed by atoms with van der Waals surface area (Å²) >= 11 is 0. The highest BCUT2D eigenvalue weighted by molar-refractivity contribution is 7.89. The predicted octanol–water partition coefficient (Wildman–Crippen LogP) is 1.22. The smallest absolute Gasteiger partial charge is 0.248 e. The summed E-state index contributed by atoms with van der Waals surface area (Å²) in [6.07, 6.45) is 0.621. The van der Waals surface area contributed by atoms with E-state index in [0.29, 0.717) is 6.42 Å². The van der Waals surface area contributed by atoms with Crippen LogP contribution in [-0.4, -0.2) is 75.9 Å². The maximum absolute atomic E-state index is 13.7. The zero-order chi connectivity index (χ0) is 17.0. The minimum Gasteiger partial charge on any atom is -0.304 e. The lowest BCUT2D eigenvalue weighted by atomic mass is 10.3. The summed E-state index contributed by atoms with van der Waals surface area (Å²) in [7, 11) is -0.733. The fraction of sp³-hybridized carbons (Fsp3) is 0.600. The average Bonchev–Trinajstić information content (AvgIpc) is 2.48. The van der Waals surface area contributed by atoms with Gasteiger partial charge in [0.2, 0.25) is 10.0 Å². The van der Waals surface area contributed by atoms with Crippen molar-refractivity contribution in [3.63, 3.8) is 0 Å². The fourth-order valence-electron chi connectivity index (χ4n) is 2.59. The maximum Gasteiger partial charge on any atom is 0.248 e. The van der Waals surface area contributed by atoms with Crippen molar-refractivity contribution >= 4 is 10.0 Å². The van der Waals surface area contributed by atoms with E-state index in [2.05, 4.69) is 16.8 Å². The van der Waals surface area contributed by atoms with Crippen LogP contribution in [0.1, 0.15) is 6.42 Å². The number of rotatable bonds is 6. The Morgan fingerprint density at radius 3 is 2.26 bits per heavy atom. The lowest BCUT2D eigenvalue weighted by molar-refractivity contribution is 0.151. The SMILES string of the molecule is CN1CCN(CCCN(C)S(=O)(=O)c2c(F)cccc2F)CC1.